The van der Waals surface area contributed by atoms with Crippen molar-refractivity contribution in [2.45, 2.75) is 6.18 Å². The van der Waals surface area contributed by atoms with Gasteiger partial charge in [-0.05, 0) is 34.5 Å². The zero-order valence-corrected chi connectivity index (χ0v) is 10.2. The van der Waals surface area contributed by atoms with Gasteiger partial charge in [-0.1, -0.05) is 29.8 Å². The van der Waals surface area contributed by atoms with Crippen LogP contribution in [0.5, 0.6) is 0 Å². The molecule has 1 nitrogen and oxygen atoms in total. The number of hydrogen-bond donors (Lipinski definition) is 0. The summed E-state index contributed by atoms with van der Waals surface area (Å²) in [5.74, 6) is 0. The maximum absolute atomic E-state index is 12.9. The first-order valence-corrected chi connectivity index (χ1v) is 5.56. The summed E-state index contributed by atoms with van der Waals surface area (Å²) in [4.78, 5) is 11.2. The van der Waals surface area contributed by atoms with E-state index in [1.807, 2.05) is 0 Å². The minimum atomic E-state index is -4.59. The molecule has 0 bridgehead atoms. The Morgan fingerprint density at radius 2 is 1.72 bits per heavy atom. The van der Waals surface area contributed by atoms with E-state index in [2.05, 4.69) is 0 Å². The van der Waals surface area contributed by atoms with Gasteiger partial charge in [0.1, 0.15) is 0 Å². The number of alkyl halides is 3. The Balaban J connectivity index is 2.91. The summed E-state index contributed by atoms with van der Waals surface area (Å²) < 4.78 is 38.7. The highest BCUT2D eigenvalue weighted by Gasteiger charge is 2.35. The second-order valence-electron chi connectivity index (χ2n) is 3.59. The molecule has 0 N–H and O–H groups in total. The van der Waals surface area contributed by atoms with Crippen molar-refractivity contribution < 1.29 is 18.0 Å². The van der Waals surface area contributed by atoms with Crippen LogP contribution in [0.3, 0.4) is 0 Å². The molecule has 0 heterocycles. The lowest BCUT2D eigenvalue weighted by molar-refractivity contribution is -0.136. The zero-order valence-electron chi connectivity index (χ0n) is 8.68. The molecule has 6 heteroatoms. The van der Waals surface area contributed by atoms with E-state index in [-0.39, 0.29) is 16.3 Å². The largest absolute Gasteiger partial charge is 0.418 e. The molecule has 0 aliphatic heterocycles. The number of benzene rings is 2. The molecule has 2 rings (SSSR count). The Bertz CT molecular complexity index is 635. The third-order valence-corrected chi connectivity index (χ3v) is 3.02. The maximum Gasteiger partial charge on any atom is 0.418 e. The smallest absolute Gasteiger partial charge is 0.276 e. The third-order valence-electron chi connectivity index (χ3n) is 2.51. The minimum Gasteiger partial charge on any atom is -0.276 e. The van der Waals surface area contributed by atoms with Gasteiger partial charge in [0.15, 0.2) is 0 Å². The Morgan fingerprint density at radius 1 is 1.06 bits per heavy atom. The molecule has 0 spiro atoms. The van der Waals surface area contributed by atoms with Crippen LogP contribution in [0, 0.1) is 0 Å². The van der Waals surface area contributed by atoms with Crippen LogP contribution in [0.15, 0.2) is 30.3 Å². The maximum atomic E-state index is 12.9. The van der Waals surface area contributed by atoms with E-state index in [1.165, 1.54) is 24.3 Å². The summed E-state index contributed by atoms with van der Waals surface area (Å²) in [6.07, 6.45) is -4.59. The molecule has 0 unspecified atom stereocenters. The SMILES string of the molecule is O=C(Cl)c1cccc2c(C(F)(F)F)c(Cl)ccc12. The van der Waals surface area contributed by atoms with E-state index in [4.69, 9.17) is 23.2 Å². The van der Waals surface area contributed by atoms with Gasteiger partial charge in [-0.25, -0.2) is 0 Å². The first-order chi connectivity index (χ1) is 8.32. The quantitative estimate of drug-likeness (QED) is 0.684. The Labute approximate surface area is 110 Å². The summed E-state index contributed by atoms with van der Waals surface area (Å²) in [6, 6.07) is 6.42. The topological polar surface area (TPSA) is 17.1 Å². The van der Waals surface area contributed by atoms with Gasteiger partial charge >= 0.3 is 6.18 Å². The summed E-state index contributed by atoms with van der Waals surface area (Å²) in [5.41, 5.74) is -0.933. The van der Waals surface area contributed by atoms with E-state index in [0.717, 1.165) is 6.07 Å². The van der Waals surface area contributed by atoms with E-state index >= 15 is 0 Å². The van der Waals surface area contributed by atoms with Gasteiger partial charge < -0.3 is 0 Å². The van der Waals surface area contributed by atoms with Crippen LogP contribution in [0.4, 0.5) is 13.2 Å². The second kappa shape index (κ2) is 4.44. The molecule has 0 saturated heterocycles. The first-order valence-electron chi connectivity index (χ1n) is 4.80. The Morgan fingerprint density at radius 3 is 2.28 bits per heavy atom. The van der Waals surface area contributed by atoms with Crippen LogP contribution in [0.2, 0.25) is 5.02 Å². The van der Waals surface area contributed by atoms with Crippen LogP contribution >= 0.6 is 23.2 Å². The molecule has 0 atom stereocenters. The first kappa shape index (κ1) is 13.2. The monoisotopic (exact) mass is 292 g/mol. The van der Waals surface area contributed by atoms with Gasteiger partial charge in [0.2, 0.25) is 0 Å². The fourth-order valence-electron chi connectivity index (χ4n) is 1.79. The van der Waals surface area contributed by atoms with Crippen molar-refractivity contribution in [1.82, 2.24) is 0 Å². The highest BCUT2D eigenvalue weighted by atomic mass is 35.5. The van der Waals surface area contributed by atoms with Crippen LogP contribution in [0.25, 0.3) is 10.8 Å². The molecular weight excluding hydrogens is 288 g/mol. The van der Waals surface area contributed by atoms with Gasteiger partial charge in [0.25, 0.3) is 5.24 Å². The molecule has 0 fully saturated rings. The standard InChI is InChI=1S/C12H5Cl2F3O/c13-9-5-4-6-7(10(9)12(15,16)17)2-1-3-8(6)11(14)18/h1-5H. The number of rotatable bonds is 1. The van der Waals surface area contributed by atoms with Crippen molar-refractivity contribution >= 4 is 39.2 Å². The highest BCUT2D eigenvalue weighted by molar-refractivity contribution is 6.68. The molecule has 0 amide bonds. The van der Waals surface area contributed by atoms with Gasteiger partial charge in [-0.2, -0.15) is 13.2 Å². The third kappa shape index (κ3) is 2.18. The Hall–Kier alpha value is -1.26. The molecule has 94 valence electrons. The van der Waals surface area contributed by atoms with E-state index in [9.17, 15) is 18.0 Å². The van der Waals surface area contributed by atoms with Crippen molar-refractivity contribution in [3.63, 3.8) is 0 Å². The van der Waals surface area contributed by atoms with Crippen molar-refractivity contribution in [3.8, 4) is 0 Å². The number of carbonyl (C=O) groups excluding carboxylic acids is 1. The minimum absolute atomic E-state index is 0.0244. The van der Waals surface area contributed by atoms with Gasteiger partial charge in [-0.3, -0.25) is 4.79 Å². The van der Waals surface area contributed by atoms with Crippen LogP contribution in [-0.2, 0) is 6.18 Å². The van der Waals surface area contributed by atoms with Gasteiger partial charge in [0, 0.05) is 5.56 Å². The second-order valence-corrected chi connectivity index (χ2v) is 4.35. The molecule has 0 aliphatic rings. The van der Waals surface area contributed by atoms with Crippen molar-refractivity contribution in [1.29, 1.82) is 0 Å². The summed E-state index contributed by atoms with van der Waals surface area (Å²) in [6.45, 7) is 0. The molecule has 18 heavy (non-hydrogen) atoms. The normalized spacial score (nSPS) is 11.8. The van der Waals surface area contributed by atoms with Crippen molar-refractivity contribution in [2.24, 2.45) is 0 Å². The van der Waals surface area contributed by atoms with E-state index in [0.29, 0.717) is 0 Å². The fourth-order valence-corrected chi connectivity index (χ4v) is 2.23. The van der Waals surface area contributed by atoms with Crippen molar-refractivity contribution in [3.05, 3.63) is 46.5 Å². The molecule has 0 radical (unpaired) electrons. The number of carbonyl (C=O) groups is 1. The summed E-state index contributed by atoms with van der Waals surface area (Å²) >= 11 is 10.9. The fraction of sp³-hybridized carbons (Fsp3) is 0.0833. The Kier molecular flexibility index (Phi) is 3.25. The molecule has 2 aromatic carbocycles. The number of halogens is 5. The van der Waals surface area contributed by atoms with E-state index < -0.39 is 22.0 Å². The van der Waals surface area contributed by atoms with E-state index in [1.54, 1.807) is 0 Å². The molecule has 0 aliphatic carbocycles. The summed E-state index contributed by atoms with van der Waals surface area (Å²) in [5, 5.41) is -1.22. The lowest BCUT2D eigenvalue weighted by Crippen LogP contribution is -2.07. The van der Waals surface area contributed by atoms with Crippen LogP contribution < -0.4 is 0 Å². The molecule has 0 saturated carbocycles. The predicted molar refractivity (Wildman–Crippen MR) is 64.1 cm³/mol. The average molecular weight is 293 g/mol. The summed E-state index contributed by atoms with van der Waals surface area (Å²) in [7, 11) is 0. The zero-order chi connectivity index (χ0) is 13.5. The van der Waals surface area contributed by atoms with Crippen LogP contribution in [0.1, 0.15) is 15.9 Å². The highest BCUT2D eigenvalue weighted by Crippen LogP contribution is 2.40. The van der Waals surface area contributed by atoms with Crippen LogP contribution in [-0.4, -0.2) is 5.24 Å². The molecular formula is C12H5Cl2F3O. The number of fused-ring (bicyclic) bond motifs is 1. The molecule has 2 aromatic rings. The lowest BCUT2D eigenvalue weighted by atomic mass is 10.00. The lowest BCUT2D eigenvalue weighted by Gasteiger charge is -2.13. The average Bonchev–Trinajstić information content (AvgIpc) is 2.25. The van der Waals surface area contributed by atoms with Gasteiger partial charge in [0.05, 0.1) is 10.6 Å². The molecule has 0 aromatic heterocycles. The van der Waals surface area contributed by atoms with Gasteiger partial charge in [-0.15, -0.1) is 0 Å². The van der Waals surface area contributed by atoms with Crippen molar-refractivity contribution in [2.75, 3.05) is 0 Å². The predicted octanol–water partition coefficient (Wildman–Crippen LogP) is 4.89. The number of hydrogen-bond acceptors (Lipinski definition) is 1.